The molecule has 0 aliphatic carbocycles. The van der Waals surface area contributed by atoms with E-state index in [-0.39, 0.29) is 0 Å². The molecule has 6 nitrogen and oxygen atoms in total. The number of hydrogen-bond donors (Lipinski definition) is 0. The maximum Gasteiger partial charge on any atom is 0.424 e. The lowest BCUT2D eigenvalue weighted by atomic mass is 10.2. The summed E-state index contributed by atoms with van der Waals surface area (Å²) >= 11 is 3.30. The van der Waals surface area contributed by atoms with Gasteiger partial charge in [0, 0.05) is 5.33 Å². The van der Waals surface area contributed by atoms with Gasteiger partial charge in [-0.25, -0.2) is 9.59 Å². The molecule has 23 heavy (non-hydrogen) atoms. The van der Waals surface area contributed by atoms with Gasteiger partial charge in [-0.1, -0.05) is 15.9 Å². The molecule has 1 rings (SSSR count). The molecule has 0 aromatic carbocycles. The molecular formula is C16H23BrN2O4. The van der Waals surface area contributed by atoms with Crippen molar-refractivity contribution >= 4 is 33.8 Å². The minimum absolute atomic E-state index is 0.290. The minimum atomic E-state index is -0.805. The highest BCUT2D eigenvalue weighted by Gasteiger charge is 2.32. The highest BCUT2D eigenvalue weighted by Crippen LogP contribution is 2.21. The summed E-state index contributed by atoms with van der Waals surface area (Å²) in [7, 11) is 0. The fourth-order valence-corrected chi connectivity index (χ4v) is 1.86. The van der Waals surface area contributed by atoms with Crippen LogP contribution in [0.5, 0.6) is 0 Å². The Bertz CT molecular complexity index is 531. The van der Waals surface area contributed by atoms with Crippen molar-refractivity contribution in [2.45, 2.75) is 58.1 Å². The molecule has 0 spiro atoms. The SMILES string of the molecule is CC(C)(C)OC(=O)N(C(=O)OC(C)(C)C)c1ccc(CBr)nc1. The van der Waals surface area contributed by atoms with Gasteiger partial charge in [-0.3, -0.25) is 4.98 Å². The first-order valence-corrected chi connectivity index (χ1v) is 8.32. The van der Waals surface area contributed by atoms with Crippen LogP contribution < -0.4 is 4.90 Å². The zero-order chi connectivity index (χ0) is 17.8. The van der Waals surface area contributed by atoms with Crippen LogP contribution in [0.2, 0.25) is 0 Å². The van der Waals surface area contributed by atoms with E-state index in [1.165, 1.54) is 6.20 Å². The van der Waals surface area contributed by atoms with Crippen molar-refractivity contribution in [1.29, 1.82) is 0 Å². The van der Waals surface area contributed by atoms with Gasteiger partial charge in [-0.15, -0.1) is 0 Å². The van der Waals surface area contributed by atoms with Gasteiger partial charge in [0.25, 0.3) is 0 Å². The van der Waals surface area contributed by atoms with Crippen LogP contribution in [-0.2, 0) is 14.8 Å². The van der Waals surface area contributed by atoms with Crippen molar-refractivity contribution in [2.24, 2.45) is 0 Å². The molecule has 1 aromatic heterocycles. The second kappa shape index (κ2) is 7.29. The normalized spacial score (nSPS) is 11.8. The fraction of sp³-hybridized carbons (Fsp3) is 0.562. The minimum Gasteiger partial charge on any atom is -0.443 e. The average Bonchev–Trinajstić information content (AvgIpc) is 2.35. The topological polar surface area (TPSA) is 68.7 Å². The van der Waals surface area contributed by atoms with E-state index in [0.29, 0.717) is 11.0 Å². The van der Waals surface area contributed by atoms with Crippen LogP contribution in [0.1, 0.15) is 47.2 Å². The summed E-state index contributed by atoms with van der Waals surface area (Å²) in [5.74, 6) is 0. The van der Waals surface area contributed by atoms with Crippen LogP contribution >= 0.6 is 15.9 Å². The molecular weight excluding hydrogens is 364 g/mol. The Morgan fingerprint density at radius 1 is 1.04 bits per heavy atom. The van der Waals surface area contributed by atoms with E-state index in [1.54, 1.807) is 53.7 Å². The second-order valence-corrected chi connectivity index (χ2v) is 7.50. The van der Waals surface area contributed by atoms with Gasteiger partial charge in [0.2, 0.25) is 0 Å². The second-order valence-electron chi connectivity index (χ2n) is 6.94. The number of nitrogens with zero attached hydrogens (tertiary/aromatic N) is 2. The highest BCUT2D eigenvalue weighted by molar-refractivity contribution is 9.08. The third-order valence-corrected chi connectivity index (χ3v) is 2.93. The Kier molecular flexibility index (Phi) is 6.16. The summed E-state index contributed by atoms with van der Waals surface area (Å²) in [6, 6.07) is 3.34. The molecule has 0 saturated carbocycles. The third-order valence-electron chi connectivity index (χ3n) is 2.36. The molecule has 2 amide bonds. The van der Waals surface area contributed by atoms with Gasteiger partial charge >= 0.3 is 12.2 Å². The van der Waals surface area contributed by atoms with Gasteiger partial charge < -0.3 is 9.47 Å². The summed E-state index contributed by atoms with van der Waals surface area (Å²) < 4.78 is 10.6. The van der Waals surface area contributed by atoms with Crippen LogP contribution in [0.15, 0.2) is 18.3 Å². The number of rotatable bonds is 2. The summed E-state index contributed by atoms with van der Waals surface area (Å²) in [6.45, 7) is 10.4. The number of hydrogen-bond acceptors (Lipinski definition) is 5. The number of ether oxygens (including phenoxy) is 2. The molecule has 7 heteroatoms. The van der Waals surface area contributed by atoms with Crippen molar-refractivity contribution in [3.05, 3.63) is 24.0 Å². The van der Waals surface area contributed by atoms with E-state index in [9.17, 15) is 9.59 Å². The first-order valence-electron chi connectivity index (χ1n) is 7.20. The molecule has 0 aliphatic rings. The smallest absolute Gasteiger partial charge is 0.424 e. The zero-order valence-corrected chi connectivity index (χ0v) is 15.9. The number of amides is 2. The van der Waals surface area contributed by atoms with Gasteiger partial charge in [0.05, 0.1) is 17.6 Å². The molecule has 0 unspecified atom stereocenters. The van der Waals surface area contributed by atoms with Crippen LogP contribution in [0, 0.1) is 0 Å². The number of aromatic nitrogens is 1. The summed E-state index contributed by atoms with van der Waals surface area (Å²) in [4.78, 5) is 29.8. The average molecular weight is 387 g/mol. The number of carbonyl (C=O) groups is 2. The molecule has 128 valence electrons. The molecule has 0 N–H and O–H groups in total. The van der Waals surface area contributed by atoms with E-state index < -0.39 is 23.4 Å². The van der Waals surface area contributed by atoms with Gasteiger partial charge in [0.15, 0.2) is 0 Å². The Balaban J connectivity index is 3.14. The number of carbonyl (C=O) groups excluding carboxylic acids is 2. The maximum atomic E-state index is 12.4. The first kappa shape index (κ1) is 19.4. The maximum absolute atomic E-state index is 12.4. The molecule has 0 bridgehead atoms. The van der Waals surface area contributed by atoms with E-state index in [0.717, 1.165) is 10.6 Å². The summed E-state index contributed by atoms with van der Waals surface area (Å²) in [5, 5.41) is 0.576. The lowest BCUT2D eigenvalue weighted by molar-refractivity contribution is 0.0430. The van der Waals surface area contributed by atoms with E-state index in [1.807, 2.05) is 0 Å². The Morgan fingerprint density at radius 3 is 1.83 bits per heavy atom. The quantitative estimate of drug-likeness (QED) is 0.691. The Labute approximate surface area is 145 Å². The Morgan fingerprint density at radius 2 is 1.52 bits per heavy atom. The van der Waals surface area contributed by atoms with Gasteiger partial charge in [0.1, 0.15) is 11.2 Å². The van der Waals surface area contributed by atoms with Gasteiger partial charge in [-0.05, 0) is 53.7 Å². The van der Waals surface area contributed by atoms with E-state index in [2.05, 4.69) is 20.9 Å². The van der Waals surface area contributed by atoms with Crippen molar-refractivity contribution in [2.75, 3.05) is 4.90 Å². The van der Waals surface area contributed by atoms with Crippen molar-refractivity contribution in [1.82, 2.24) is 4.98 Å². The van der Waals surface area contributed by atoms with Crippen LogP contribution in [0.3, 0.4) is 0 Å². The van der Waals surface area contributed by atoms with Crippen LogP contribution in [0.25, 0.3) is 0 Å². The van der Waals surface area contributed by atoms with Crippen molar-refractivity contribution in [3.63, 3.8) is 0 Å². The predicted molar refractivity (Wildman–Crippen MR) is 91.8 cm³/mol. The van der Waals surface area contributed by atoms with Crippen molar-refractivity contribution in [3.8, 4) is 0 Å². The highest BCUT2D eigenvalue weighted by atomic mass is 79.9. The van der Waals surface area contributed by atoms with E-state index in [4.69, 9.17) is 9.47 Å². The first-order chi connectivity index (χ1) is 10.4. The number of halogens is 1. The number of imide groups is 1. The zero-order valence-electron chi connectivity index (χ0n) is 14.3. The predicted octanol–water partition coefficient (Wildman–Crippen LogP) is 4.65. The number of anilines is 1. The summed E-state index contributed by atoms with van der Waals surface area (Å²) in [6.07, 6.45) is -0.176. The Hall–Kier alpha value is -1.63. The third kappa shape index (κ3) is 6.56. The summed E-state index contributed by atoms with van der Waals surface area (Å²) in [5.41, 5.74) is -0.401. The largest absolute Gasteiger partial charge is 0.443 e. The molecule has 0 saturated heterocycles. The molecule has 0 fully saturated rings. The number of alkyl halides is 1. The van der Waals surface area contributed by atoms with Crippen molar-refractivity contribution < 1.29 is 19.1 Å². The molecule has 1 heterocycles. The molecule has 0 atom stereocenters. The molecule has 0 aliphatic heterocycles. The van der Waals surface area contributed by atoms with Crippen LogP contribution in [-0.4, -0.2) is 28.4 Å². The van der Waals surface area contributed by atoms with E-state index >= 15 is 0 Å². The lowest BCUT2D eigenvalue weighted by Crippen LogP contribution is -2.43. The van der Waals surface area contributed by atoms with Gasteiger partial charge in [-0.2, -0.15) is 4.90 Å². The number of pyridine rings is 1. The lowest BCUT2D eigenvalue weighted by Gasteiger charge is -2.28. The van der Waals surface area contributed by atoms with Crippen LogP contribution in [0.4, 0.5) is 15.3 Å². The monoisotopic (exact) mass is 386 g/mol. The standard InChI is InChI=1S/C16H23BrN2O4/c1-15(2,3)22-13(20)19(14(21)23-16(4,5)6)12-8-7-11(9-17)18-10-12/h7-8,10H,9H2,1-6H3. The fourth-order valence-electron chi connectivity index (χ4n) is 1.53. The molecule has 0 radical (unpaired) electrons. The molecule has 1 aromatic rings.